The maximum atomic E-state index is 13.3. The number of halogens is 3. The van der Waals surface area contributed by atoms with E-state index >= 15 is 0 Å². The summed E-state index contributed by atoms with van der Waals surface area (Å²) in [7, 11) is 1.85. The molecule has 0 aliphatic carbocycles. The highest BCUT2D eigenvalue weighted by Gasteiger charge is 2.14. The molecule has 0 saturated carbocycles. The number of amides is 1. The number of carbonyl (C=O) groups is 1. The van der Waals surface area contributed by atoms with Crippen molar-refractivity contribution < 1.29 is 13.6 Å². The molecule has 0 spiro atoms. The van der Waals surface area contributed by atoms with Crippen molar-refractivity contribution >= 4 is 35.0 Å². The van der Waals surface area contributed by atoms with Gasteiger partial charge in [0.25, 0.3) is 5.91 Å². The Morgan fingerprint density at radius 2 is 2.00 bits per heavy atom. The zero-order chi connectivity index (χ0) is 18.0. The average molecular weight is 380 g/mol. The van der Waals surface area contributed by atoms with Crippen LogP contribution in [0.4, 0.5) is 14.5 Å². The number of aromatic nitrogens is 2. The second-order valence-electron chi connectivity index (χ2n) is 5.15. The number of carbonyl (C=O) groups excluding carboxylic acids is 1. The van der Waals surface area contributed by atoms with Gasteiger partial charge in [-0.2, -0.15) is 0 Å². The Labute approximate surface area is 151 Å². The summed E-state index contributed by atoms with van der Waals surface area (Å²) < 4.78 is 28.2. The predicted molar refractivity (Wildman–Crippen MR) is 93.1 cm³/mol. The van der Waals surface area contributed by atoms with E-state index in [4.69, 9.17) is 11.6 Å². The van der Waals surface area contributed by atoms with Crippen LogP contribution in [0.3, 0.4) is 0 Å². The molecule has 0 fully saturated rings. The second kappa shape index (κ2) is 7.25. The Morgan fingerprint density at radius 1 is 1.20 bits per heavy atom. The van der Waals surface area contributed by atoms with E-state index in [9.17, 15) is 13.6 Å². The zero-order valence-corrected chi connectivity index (χ0v) is 14.5. The lowest BCUT2D eigenvalue weighted by molar-refractivity contribution is 0.102. The van der Waals surface area contributed by atoms with Crippen LogP contribution in [0.5, 0.6) is 0 Å². The third-order valence-corrected chi connectivity index (χ3v) is 4.74. The molecule has 8 heteroatoms. The minimum absolute atomic E-state index is 0.00631. The van der Waals surface area contributed by atoms with E-state index in [2.05, 4.69) is 10.3 Å². The van der Waals surface area contributed by atoms with Crippen LogP contribution in [-0.4, -0.2) is 15.5 Å². The van der Waals surface area contributed by atoms with Crippen LogP contribution in [0.1, 0.15) is 10.4 Å². The lowest BCUT2D eigenvalue weighted by atomic mass is 10.2. The first-order valence-corrected chi connectivity index (χ1v) is 8.34. The summed E-state index contributed by atoms with van der Waals surface area (Å²) in [5.74, 6) is -2.66. The molecule has 4 nitrogen and oxygen atoms in total. The number of nitrogens with zero attached hydrogens (tertiary/aromatic N) is 2. The van der Waals surface area contributed by atoms with Crippen molar-refractivity contribution in [2.75, 3.05) is 5.32 Å². The highest BCUT2D eigenvalue weighted by atomic mass is 35.5. The van der Waals surface area contributed by atoms with Gasteiger partial charge in [0.2, 0.25) is 0 Å². The monoisotopic (exact) mass is 379 g/mol. The summed E-state index contributed by atoms with van der Waals surface area (Å²) in [4.78, 5) is 17.3. The van der Waals surface area contributed by atoms with E-state index in [-0.39, 0.29) is 5.56 Å². The lowest BCUT2D eigenvalue weighted by Crippen LogP contribution is -2.13. The fourth-order valence-corrected chi connectivity index (χ4v) is 3.11. The topological polar surface area (TPSA) is 46.9 Å². The van der Waals surface area contributed by atoms with E-state index in [1.54, 1.807) is 30.6 Å². The molecule has 128 valence electrons. The van der Waals surface area contributed by atoms with Gasteiger partial charge in [-0.1, -0.05) is 11.6 Å². The molecule has 1 heterocycles. The predicted octanol–water partition coefficient (Wildman–Crippen LogP) is 4.76. The van der Waals surface area contributed by atoms with E-state index in [0.29, 0.717) is 10.7 Å². The van der Waals surface area contributed by atoms with E-state index < -0.39 is 17.5 Å². The zero-order valence-electron chi connectivity index (χ0n) is 13.0. The second-order valence-corrected chi connectivity index (χ2v) is 6.59. The Bertz CT molecular complexity index is 945. The molecule has 0 unspecified atom stereocenters. The van der Waals surface area contributed by atoms with Crippen molar-refractivity contribution in [2.24, 2.45) is 7.05 Å². The van der Waals surface area contributed by atoms with Crippen LogP contribution in [0.2, 0.25) is 5.02 Å². The van der Waals surface area contributed by atoms with Crippen molar-refractivity contribution in [3.63, 3.8) is 0 Å². The van der Waals surface area contributed by atoms with Crippen molar-refractivity contribution in [3.8, 4) is 0 Å². The average Bonchev–Trinajstić information content (AvgIpc) is 2.97. The Morgan fingerprint density at radius 3 is 2.68 bits per heavy atom. The highest BCUT2D eigenvalue weighted by molar-refractivity contribution is 7.99. The molecular formula is C17H12ClF2N3OS. The van der Waals surface area contributed by atoms with Crippen molar-refractivity contribution in [1.29, 1.82) is 0 Å². The first-order valence-electron chi connectivity index (χ1n) is 7.15. The van der Waals surface area contributed by atoms with Gasteiger partial charge in [0.1, 0.15) is 0 Å². The first-order chi connectivity index (χ1) is 11.9. The molecule has 2 aromatic carbocycles. The van der Waals surface area contributed by atoms with Gasteiger partial charge in [0, 0.05) is 34.9 Å². The molecular weight excluding hydrogens is 368 g/mol. The largest absolute Gasteiger partial charge is 0.329 e. The molecule has 1 amide bonds. The quantitative estimate of drug-likeness (QED) is 0.711. The van der Waals surface area contributed by atoms with Gasteiger partial charge in [-0.05, 0) is 48.2 Å². The summed E-state index contributed by atoms with van der Waals surface area (Å²) in [6.45, 7) is 0. The molecule has 3 rings (SSSR count). The van der Waals surface area contributed by atoms with Crippen LogP contribution >= 0.6 is 23.4 Å². The lowest BCUT2D eigenvalue weighted by Gasteiger charge is -2.11. The highest BCUT2D eigenvalue weighted by Crippen LogP contribution is 2.34. The summed E-state index contributed by atoms with van der Waals surface area (Å²) >= 11 is 7.36. The van der Waals surface area contributed by atoms with Crippen molar-refractivity contribution in [3.05, 3.63) is 71.0 Å². The fourth-order valence-electron chi connectivity index (χ4n) is 2.07. The number of benzene rings is 2. The molecule has 0 bridgehead atoms. The Hall–Kier alpha value is -2.38. The maximum Gasteiger partial charge on any atom is 0.255 e. The number of nitrogens with one attached hydrogen (secondary N) is 1. The van der Waals surface area contributed by atoms with E-state index in [1.165, 1.54) is 17.8 Å². The van der Waals surface area contributed by atoms with Crippen molar-refractivity contribution in [1.82, 2.24) is 9.55 Å². The molecule has 1 aromatic heterocycles. The molecule has 0 saturated heterocycles. The summed E-state index contributed by atoms with van der Waals surface area (Å²) in [6.07, 6.45) is 3.47. The standard InChI is InChI=1S/C17H12ClF2N3OS/c1-23-7-6-21-17(23)25-15-5-3-11(18)9-14(15)22-16(24)10-2-4-12(19)13(20)8-10/h2-9H,1H3,(H,22,24). The van der Waals surface area contributed by atoms with Crippen LogP contribution in [0, 0.1) is 11.6 Å². The van der Waals surface area contributed by atoms with Gasteiger partial charge in [-0.25, -0.2) is 13.8 Å². The van der Waals surface area contributed by atoms with Gasteiger partial charge in [-0.15, -0.1) is 0 Å². The van der Waals surface area contributed by atoms with Gasteiger partial charge in [0.15, 0.2) is 16.8 Å². The summed E-state index contributed by atoms with van der Waals surface area (Å²) in [5, 5.41) is 3.84. The number of hydrogen-bond donors (Lipinski definition) is 1. The fraction of sp³-hybridized carbons (Fsp3) is 0.0588. The Balaban J connectivity index is 1.88. The summed E-state index contributed by atoms with van der Waals surface area (Å²) in [5.41, 5.74) is 0.460. The normalized spacial score (nSPS) is 10.7. The molecule has 0 aliphatic heterocycles. The maximum absolute atomic E-state index is 13.3. The SMILES string of the molecule is Cn1ccnc1Sc1ccc(Cl)cc1NC(=O)c1ccc(F)c(F)c1. The van der Waals surface area contributed by atoms with Crippen LogP contribution in [0.15, 0.2) is 58.8 Å². The molecule has 0 atom stereocenters. The smallest absolute Gasteiger partial charge is 0.255 e. The molecule has 25 heavy (non-hydrogen) atoms. The number of aryl methyl sites for hydroxylation is 1. The third kappa shape index (κ3) is 4.00. The number of hydrogen-bond acceptors (Lipinski definition) is 3. The molecule has 1 N–H and O–H groups in total. The molecule has 0 aliphatic rings. The number of rotatable bonds is 4. The van der Waals surface area contributed by atoms with Gasteiger partial charge in [0.05, 0.1) is 5.69 Å². The van der Waals surface area contributed by atoms with Crippen molar-refractivity contribution in [2.45, 2.75) is 10.1 Å². The first kappa shape index (κ1) is 17.4. The summed E-state index contributed by atoms with van der Waals surface area (Å²) in [6, 6.07) is 8.00. The molecule has 3 aromatic rings. The third-order valence-electron chi connectivity index (χ3n) is 3.35. The van der Waals surface area contributed by atoms with Crippen LogP contribution < -0.4 is 5.32 Å². The van der Waals surface area contributed by atoms with Crippen LogP contribution in [0.25, 0.3) is 0 Å². The minimum Gasteiger partial charge on any atom is -0.329 e. The van der Waals surface area contributed by atoms with Gasteiger partial charge < -0.3 is 9.88 Å². The minimum atomic E-state index is -1.08. The van der Waals surface area contributed by atoms with Gasteiger partial charge in [-0.3, -0.25) is 4.79 Å². The van der Waals surface area contributed by atoms with E-state index in [0.717, 1.165) is 22.2 Å². The van der Waals surface area contributed by atoms with Gasteiger partial charge >= 0.3 is 0 Å². The number of imidazole rings is 1. The molecule has 0 radical (unpaired) electrons. The number of anilines is 1. The van der Waals surface area contributed by atoms with E-state index in [1.807, 2.05) is 11.6 Å². The Kier molecular flexibility index (Phi) is 5.06. The van der Waals surface area contributed by atoms with Crippen LogP contribution in [-0.2, 0) is 7.05 Å².